The number of rotatable bonds is 11. The van der Waals surface area contributed by atoms with E-state index in [1.54, 1.807) is 7.11 Å². The second-order valence-corrected chi connectivity index (χ2v) is 4.56. The molecule has 1 unspecified atom stereocenters. The highest BCUT2D eigenvalue weighted by atomic mass is 16.5. The highest BCUT2D eigenvalue weighted by Gasteiger charge is 2.03. The van der Waals surface area contributed by atoms with Crippen molar-refractivity contribution in [1.82, 2.24) is 5.32 Å². The molecule has 4 nitrogen and oxygen atoms in total. The Morgan fingerprint density at radius 1 is 1.21 bits per heavy atom. The topological polar surface area (TPSA) is 50.7 Å². The van der Waals surface area contributed by atoms with Gasteiger partial charge in [-0.25, -0.2) is 0 Å². The molecule has 0 amide bonds. The summed E-state index contributed by atoms with van der Waals surface area (Å²) in [5.41, 5.74) is 1.13. The molecule has 0 aliphatic heterocycles. The molecule has 0 bridgehead atoms. The standard InChI is InChI=1S/C15H25NO3/c1-18-10-6-5-9-16-11-15(17)13-19-12-14-7-3-2-4-8-14/h2-4,7-8,15-17H,5-6,9-13H2,1H3. The Bertz CT molecular complexity index is 306. The van der Waals surface area contributed by atoms with Crippen LogP contribution in [0.2, 0.25) is 0 Å². The van der Waals surface area contributed by atoms with Gasteiger partial charge in [-0.1, -0.05) is 30.3 Å². The van der Waals surface area contributed by atoms with E-state index in [1.807, 2.05) is 30.3 Å². The van der Waals surface area contributed by atoms with Crippen LogP contribution in [-0.2, 0) is 16.1 Å². The lowest BCUT2D eigenvalue weighted by molar-refractivity contribution is 0.0289. The van der Waals surface area contributed by atoms with Gasteiger partial charge in [-0.2, -0.15) is 0 Å². The molecule has 108 valence electrons. The second kappa shape index (κ2) is 10.9. The van der Waals surface area contributed by atoms with E-state index in [9.17, 15) is 5.11 Å². The average molecular weight is 267 g/mol. The molecule has 19 heavy (non-hydrogen) atoms. The molecular formula is C15H25NO3. The van der Waals surface area contributed by atoms with E-state index in [1.165, 1.54) is 0 Å². The van der Waals surface area contributed by atoms with Crippen molar-refractivity contribution in [2.45, 2.75) is 25.6 Å². The molecule has 1 aromatic carbocycles. The molecule has 1 aromatic rings. The number of aliphatic hydroxyl groups is 1. The van der Waals surface area contributed by atoms with Crippen LogP contribution < -0.4 is 5.32 Å². The first kappa shape index (κ1) is 16.1. The smallest absolute Gasteiger partial charge is 0.0897 e. The summed E-state index contributed by atoms with van der Waals surface area (Å²) in [6, 6.07) is 9.97. The maximum Gasteiger partial charge on any atom is 0.0897 e. The van der Waals surface area contributed by atoms with E-state index in [2.05, 4.69) is 5.32 Å². The Hall–Kier alpha value is -0.940. The first-order valence-electron chi connectivity index (χ1n) is 6.82. The molecule has 0 radical (unpaired) electrons. The quantitative estimate of drug-likeness (QED) is 0.598. The van der Waals surface area contributed by atoms with Crippen LogP contribution in [0, 0.1) is 0 Å². The molecule has 2 N–H and O–H groups in total. The molecule has 1 atom stereocenters. The van der Waals surface area contributed by atoms with Crippen molar-refractivity contribution in [3.8, 4) is 0 Å². The Kier molecular flexibility index (Phi) is 9.27. The lowest BCUT2D eigenvalue weighted by Crippen LogP contribution is -2.31. The van der Waals surface area contributed by atoms with Gasteiger partial charge in [0.25, 0.3) is 0 Å². The van der Waals surface area contributed by atoms with Crippen molar-refractivity contribution < 1.29 is 14.6 Å². The molecule has 4 heteroatoms. The summed E-state index contributed by atoms with van der Waals surface area (Å²) in [6.07, 6.45) is 1.65. The minimum absolute atomic E-state index is 0.361. The van der Waals surface area contributed by atoms with Gasteiger partial charge in [-0.3, -0.25) is 0 Å². The third-order valence-corrected chi connectivity index (χ3v) is 2.75. The first-order valence-corrected chi connectivity index (χ1v) is 6.82. The molecule has 0 saturated heterocycles. The lowest BCUT2D eigenvalue weighted by Gasteiger charge is -2.12. The highest BCUT2D eigenvalue weighted by molar-refractivity contribution is 5.13. The number of hydrogen-bond donors (Lipinski definition) is 2. The number of aliphatic hydroxyl groups excluding tert-OH is 1. The lowest BCUT2D eigenvalue weighted by atomic mass is 10.2. The third kappa shape index (κ3) is 8.72. The maximum atomic E-state index is 9.72. The minimum atomic E-state index is -0.453. The summed E-state index contributed by atoms with van der Waals surface area (Å²) in [4.78, 5) is 0. The summed E-state index contributed by atoms with van der Waals surface area (Å²) >= 11 is 0. The molecular weight excluding hydrogens is 242 g/mol. The monoisotopic (exact) mass is 267 g/mol. The van der Waals surface area contributed by atoms with Crippen LogP contribution in [0.1, 0.15) is 18.4 Å². The van der Waals surface area contributed by atoms with Gasteiger partial charge in [0.15, 0.2) is 0 Å². The van der Waals surface area contributed by atoms with E-state index < -0.39 is 6.10 Å². The summed E-state index contributed by atoms with van der Waals surface area (Å²) in [5.74, 6) is 0. The summed E-state index contributed by atoms with van der Waals surface area (Å²) in [7, 11) is 1.71. The van der Waals surface area contributed by atoms with Crippen LogP contribution in [0.4, 0.5) is 0 Å². The highest BCUT2D eigenvalue weighted by Crippen LogP contribution is 2.00. The Labute approximate surface area is 115 Å². The van der Waals surface area contributed by atoms with E-state index >= 15 is 0 Å². The molecule has 0 fully saturated rings. The van der Waals surface area contributed by atoms with Gasteiger partial charge in [0, 0.05) is 20.3 Å². The Morgan fingerprint density at radius 2 is 2.00 bits per heavy atom. The maximum absolute atomic E-state index is 9.72. The van der Waals surface area contributed by atoms with E-state index in [-0.39, 0.29) is 0 Å². The zero-order valence-electron chi connectivity index (χ0n) is 11.7. The fraction of sp³-hybridized carbons (Fsp3) is 0.600. The van der Waals surface area contributed by atoms with E-state index in [4.69, 9.17) is 9.47 Å². The largest absolute Gasteiger partial charge is 0.389 e. The van der Waals surface area contributed by atoms with Crippen molar-refractivity contribution in [3.63, 3.8) is 0 Å². The summed E-state index contributed by atoms with van der Waals surface area (Å²) < 4.78 is 10.4. The van der Waals surface area contributed by atoms with Crippen molar-refractivity contribution in [2.24, 2.45) is 0 Å². The molecule has 0 spiro atoms. The van der Waals surface area contributed by atoms with Gasteiger partial charge in [-0.15, -0.1) is 0 Å². The van der Waals surface area contributed by atoms with Gasteiger partial charge in [0.1, 0.15) is 0 Å². The van der Waals surface area contributed by atoms with Crippen LogP contribution in [0.3, 0.4) is 0 Å². The number of unbranched alkanes of at least 4 members (excludes halogenated alkanes) is 1. The zero-order chi connectivity index (χ0) is 13.8. The number of nitrogens with one attached hydrogen (secondary N) is 1. The number of methoxy groups -OCH3 is 1. The SMILES string of the molecule is COCCCCNCC(O)COCc1ccccc1. The fourth-order valence-corrected chi connectivity index (χ4v) is 1.71. The Balaban J connectivity index is 1.94. The van der Waals surface area contributed by atoms with Crippen LogP contribution in [0.5, 0.6) is 0 Å². The minimum Gasteiger partial charge on any atom is -0.389 e. The van der Waals surface area contributed by atoms with Crippen LogP contribution >= 0.6 is 0 Å². The Morgan fingerprint density at radius 3 is 2.74 bits per heavy atom. The third-order valence-electron chi connectivity index (χ3n) is 2.75. The van der Waals surface area contributed by atoms with Crippen molar-refractivity contribution in [1.29, 1.82) is 0 Å². The molecule has 0 heterocycles. The molecule has 1 rings (SSSR count). The first-order chi connectivity index (χ1) is 9.33. The number of benzene rings is 1. The van der Waals surface area contributed by atoms with Gasteiger partial charge < -0.3 is 19.9 Å². The molecule has 0 aliphatic carbocycles. The van der Waals surface area contributed by atoms with Crippen molar-refractivity contribution in [2.75, 3.05) is 33.4 Å². The van der Waals surface area contributed by atoms with Gasteiger partial charge in [-0.05, 0) is 24.9 Å². The van der Waals surface area contributed by atoms with Gasteiger partial charge in [0.2, 0.25) is 0 Å². The molecule has 0 saturated carbocycles. The summed E-state index contributed by atoms with van der Waals surface area (Å²) in [5, 5.41) is 12.9. The second-order valence-electron chi connectivity index (χ2n) is 4.56. The summed E-state index contributed by atoms with van der Waals surface area (Å²) in [6.45, 7) is 3.18. The van der Waals surface area contributed by atoms with Gasteiger partial charge >= 0.3 is 0 Å². The van der Waals surface area contributed by atoms with Crippen LogP contribution in [-0.4, -0.2) is 44.6 Å². The van der Waals surface area contributed by atoms with Crippen LogP contribution in [0.15, 0.2) is 30.3 Å². The normalized spacial score (nSPS) is 12.5. The average Bonchev–Trinajstić information content (AvgIpc) is 2.44. The van der Waals surface area contributed by atoms with Crippen LogP contribution in [0.25, 0.3) is 0 Å². The molecule has 0 aliphatic rings. The predicted octanol–water partition coefficient (Wildman–Crippen LogP) is 1.58. The number of ether oxygens (including phenoxy) is 2. The number of hydrogen-bond acceptors (Lipinski definition) is 4. The van der Waals surface area contributed by atoms with Gasteiger partial charge in [0.05, 0.1) is 19.3 Å². The van der Waals surface area contributed by atoms with Crippen molar-refractivity contribution in [3.05, 3.63) is 35.9 Å². The van der Waals surface area contributed by atoms with Crippen molar-refractivity contribution >= 4 is 0 Å². The van der Waals surface area contributed by atoms with E-state index in [0.717, 1.165) is 31.6 Å². The zero-order valence-corrected chi connectivity index (χ0v) is 11.7. The molecule has 0 aromatic heterocycles. The fourth-order valence-electron chi connectivity index (χ4n) is 1.71. The predicted molar refractivity (Wildman–Crippen MR) is 76.1 cm³/mol. The van der Waals surface area contributed by atoms with E-state index in [0.29, 0.717) is 19.8 Å².